The van der Waals surface area contributed by atoms with Crippen molar-refractivity contribution in [1.82, 2.24) is 9.97 Å². The summed E-state index contributed by atoms with van der Waals surface area (Å²) in [5, 5.41) is 4.20. The Balaban J connectivity index is 1.78. The van der Waals surface area contributed by atoms with Gasteiger partial charge in [0.1, 0.15) is 0 Å². The normalized spacial score (nSPS) is 11.7. The highest BCUT2D eigenvalue weighted by molar-refractivity contribution is 6.34. The van der Waals surface area contributed by atoms with Crippen LogP contribution < -0.4 is 0 Å². The number of hydrogen-bond donors (Lipinski definition) is 0. The van der Waals surface area contributed by atoms with Crippen LogP contribution in [0.15, 0.2) is 48.8 Å². The number of aromatic nitrogens is 2. The zero-order valence-electron chi connectivity index (χ0n) is 13.2. The lowest BCUT2D eigenvalue weighted by molar-refractivity contribution is 1.41. The van der Waals surface area contributed by atoms with Gasteiger partial charge in [0.25, 0.3) is 0 Å². The van der Waals surface area contributed by atoms with Gasteiger partial charge in [0.2, 0.25) is 0 Å². The molecule has 0 saturated heterocycles. The summed E-state index contributed by atoms with van der Waals surface area (Å²) in [5.74, 6) is 0. The minimum Gasteiger partial charge on any atom is -0.255 e. The highest BCUT2D eigenvalue weighted by Crippen LogP contribution is 2.29. The van der Waals surface area contributed by atoms with Gasteiger partial charge in [-0.05, 0) is 47.5 Å². The summed E-state index contributed by atoms with van der Waals surface area (Å²) in [6, 6.07) is 11.2. The first kappa shape index (κ1) is 17.6. The van der Waals surface area contributed by atoms with Crippen LogP contribution >= 0.6 is 46.4 Å². The molecule has 0 fully saturated rings. The maximum atomic E-state index is 6.38. The van der Waals surface area contributed by atoms with E-state index in [9.17, 15) is 0 Å². The van der Waals surface area contributed by atoms with Crippen molar-refractivity contribution in [2.24, 2.45) is 0 Å². The lowest BCUT2D eigenvalue weighted by Gasteiger charge is -2.05. The average molecular weight is 420 g/mol. The fourth-order valence-electron chi connectivity index (χ4n) is 2.72. The second kappa shape index (κ2) is 7.05. The van der Waals surface area contributed by atoms with E-state index in [2.05, 4.69) is 9.97 Å². The van der Waals surface area contributed by atoms with Gasteiger partial charge in [0.05, 0.1) is 21.1 Å². The van der Waals surface area contributed by atoms with Gasteiger partial charge in [-0.3, -0.25) is 9.97 Å². The SMILES string of the molecule is Clc1cnc2cc(Cl)c(C=Cc3cc4cc(Cl)cnc4cc3Cl)cc2c1. The van der Waals surface area contributed by atoms with Gasteiger partial charge in [-0.15, -0.1) is 0 Å². The molecule has 128 valence electrons. The van der Waals surface area contributed by atoms with Crippen LogP contribution in [0, 0.1) is 0 Å². The van der Waals surface area contributed by atoms with E-state index in [1.54, 1.807) is 12.4 Å². The second-order valence-electron chi connectivity index (χ2n) is 5.77. The Bertz CT molecular complexity index is 1090. The Kier molecular flexibility index (Phi) is 4.76. The summed E-state index contributed by atoms with van der Waals surface area (Å²) in [4.78, 5) is 8.55. The van der Waals surface area contributed by atoms with Crippen molar-refractivity contribution >= 4 is 80.4 Å². The highest BCUT2D eigenvalue weighted by Gasteiger charge is 2.05. The summed E-state index contributed by atoms with van der Waals surface area (Å²) >= 11 is 24.8. The predicted octanol–water partition coefficient (Wildman–Crippen LogP) is 7.57. The van der Waals surface area contributed by atoms with Crippen LogP contribution in [-0.4, -0.2) is 9.97 Å². The molecule has 2 aromatic carbocycles. The molecule has 2 nitrogen and oxygen atoms in total. The van der Waals surface area contributed by atoms with Crippen LogP contribution in [0.25, 0.3) is 34.0 Å². The largest absolute Gasteiger partial charge is 0.255 e. The fourth-order valence-corrected chi connectivity index (χ4v) is 3.49. The van der Waals surface area contributed by atoms with Crippen molar-refractivity contribution < 1.29 is 0 Å². The molecule has 2 aromatic heterocycles. The lowest BCUT2D eigenvalue weighted by atomic mass is 10.1. The predicted molar refractivity (Wildman–Crippen MR) is 112 cm³/mol. The molecule has 0 aliphatic carbocycles. The number of hydrogen-bond acceptors (Lipinski definition) is 2. The monoisotopic (exact) mass is 418 g/mol. The molecule has 0 saturated carbocycles. The topological polar surface area (TPSA) is 25.8 Å². The summed E-state index contributed by atoms with van der Waals surface area (Å²) in [5.41, 5.74) is 3.29. The molecule has 0 amide bonds. The van der Waals surface area contributed by atoms with Crippen LogP contribution in [0.4, 0.5) is 0 Å². The molecule has 0 unspecified atom stereocenters. The molecule has 6 heteroatoms. The first-order valence-electron chi connectivity index (χ1n) is 7.67. The number of rotatable bonds is 2. The van der Waals surface area contributed by atoms with Crippen molar-refractivity contribution in [1.29, 1.82) is 0 Å². The van der Waals surface area contributed by atoms with Gasteiger partial charge >= 0.3 is 0 Å². The van der Waals surface area contributed by atoms with E-state index in [1.165, 1.54) is 0 Å². The van der Waals surface area contributed by atoms with Gasteiger partial charge in [-0.1, -0.05) is 58.6 Å². The zero-order valence-corrected chi connectivity index (χ0v) is 16.2. The third-order valence-corrected chi connectivity index (χ3v) is 5.04. The first-order chi connectivity index (χ1) is 12.5. The Labute approximate surface area is 170 Å². The van der Waals surface area contributed by atoms with Crippen molar-refractivity contribution in [2.75, 3.05) is 0 Å². The van der Waals surface area contributed by atoms with Crippen molar-refractivity contribution in [3.63, 3.8) is 0 Å². The van der Waals surface area contributed by atoms with Gasteiger partial charge in [-0.25, -0.2) is 0 Å². The highest BCUT2D eigenvalue weighted by atomic mass is 35.5. The second-order valence-corrected chi connectivity index (χ2v) is 7.46. The fraction of sp³-hybridized carbons (Fsp3) is 0. The molecule has 0 spiro atoms. The molecule has 26 heavy (non-hydrogen) atoms. The van der Waals surface area contributed by atoms with E-state index in [4.69, 9.17) is 46.4 Å². The molecule has 4 rings (SSSR count). The molecule has 0 N–H and O–H groups in total. The van der Waals surface area contributed by atoms with Gasteiger partial charge < -0.3 is 0 Å². The van der Waals surface area contributed by atoms with Crippen molar-refractivity contribution in [3.8, 4) is 0 Å². The lowest BCUT2D eigenvalue weighted by Crippen LogP contribution is -1.84. The van der Waals surface area contributed by atoms with Crippen molar-refractivity contribution in [3.05, 3.63) is 80.0 Å². The maximum absolute atomic E-state index is 6.38. The van der Waals surface area contributed by atoms with E-state index >= 15 is 0 Å². The molecular weight excluding hydrogens is 410 g/mol. The summed E-state index contributed by atoms with van der Waals surface area (Å²) in [6.07, 6.45) is 7.02. The Morgan fingerprint density at radius 3 is 1.42 bits per heavy atom. The summed E-state index contributed by atoms with van der Waals surface area (Å²) < 4.78 is 0. The summed E-state index contributed by atoms with van der Waals surface area (Å²) in [6.45, 7) is 0. The van der Waals surface area contributed by atoms with E-state index < -0.39 is 0 Å². The van der Waals surface area contributed by atoms with Crippen LogP contribution in [0.1, 0.15) is 11.1 Å². The Morgan fingerprint density at radius 2 is 1.00 bits per heavy atom. The molecule has 0 bridgehead atoms. The number of nitrogens with zero attached hydrogens (tertiary/aromatic N) is 2. The molecule has 4 aromatic rings. The minimum atomic E-state index is 0.580. The van der Waals surface area contributed by atoms with Gasteiger partial charge in [0.15, 0.2) is 0 Å². The van der Waals surface area contributed by atoms with Crippen LogP contribution in [-0.2, 0) is 0 Å². The molecule has 0 radical (unpaired) electrons. The van der Waals surface area contributed by atoms with Crippen LogP contribution in [0.5, 0.6) is 0 Å². The van der Waals surface area contributed by atoms with Crippen LogP contribution in [0.2, 0.25) is 20.1 Å². The standard InChI is InChI=1S/C20H10Cl4N2/c21-15-5-13-3-11(17(23)7-19(13)25-9-15)1-2-12-4-14-6-16(22)10-26-20(14)8-18(12)24/h1-10H. The van der Waals surface area contributed by atoms with Gasteiger partial charge in [0, 0.05) is 33.2 Å². The number of fused-ring (bicyclic) bond motifs is 2. The Hall–Kier alpha value is -1.84. The van der Waals surface area contributed by atoms with Crippen molar-refractivity contribution in [2.45, 2.75) is 0 Å². The minimum absolute atomic E-state index is 0.580. The zero-order chi connectivity index (χ0) is 18.3. The van der Waals surface area contributed by atoms with E-state index in [0.717, 1.165) is 32.9 Å². The average Bonchev–Trinajstić information content (AvgIpc) is 2.60. The van der Waals surface area contributed by atoms with Crippen LogP contribution in [0.3, 0.4) is 0 Å². The number of pyridine rings is 2. The molecule has 0 aliphatic rings. The smallest absolute Gasteiger partial charge is 0.0718 e. The third-order valence-electron chi connectivity index (χ3n) is 3.98. The number of halogens is 4. The van der Waals surface area contributed by atoms with Gasteiger partial charge in [-0.2, -0.15) is 0 Å². The summed E-state index contributed by atoms with van der Waals surface area (Å²) in [7, 11) is 0. The van der Waals surface area contributed by atoms with E-state index in [-0.39, 0.29) is 0 Å². The molecule has 0 atom stereocenters. The molecular formula is C20H10Cl4N2. The maximum Gasteiger partial charge on any atom is 0.0718 e. The third kappa shape index (κ3) is 3.51. The quantitative estimate of drug-likeness (QED) is 0.313. The Morgan fingerprint density at radius 1 is 0.577 bits per heavy atom. The van der Waals surface area contributed by atoms with E-state index in [1.807, 2.05) is 48.6 Å². The molecule has 2 heterocycles. The van der Waals surface area contributed by atoms with E-state index in [0.29, 0.717) is 20.1 Å². The molecule has 0 aliphatic heterocycles. The first-order valence-corrected chi connectivity index (χ1v) is 9.18. The number of benzene rings is 2.